The van der Waals surface area contributed by atoms with Crippen LogP contribution in [0.3, 0.4) is 0 Å². The van der Waals surface area contributed by atoms with Crippen molar-refractivity contribution in [3.63, 3.8) is 0 Å². The Labute approximate surface area is 117 Å². The van der Waals surface area contributed by atoms with E-state index in [4.69, 9.17) is 11.6 Å². The molecule has 1 saturated heterocycles. The van der Waals surface area contributed by atoms with Gasteiger partial charge in [0.2, 0.25) is 10.0 Å². The number of rotatable bonds is 4. The summed E-state index contributed by atoms with van der Waals surface area (Å²) < 4.78 is 27.5. The Kier molecular flexibility index (Phi) is 4.33. The van der Waals surface area contributed by atoms with Gasteiger partial charge in [0, 0.05) is 13.1 Å². The van der Waals surface area contributed by atoms with Gasteiger partial charge in [0.15, 0.2) is 0 Å². The van der Waals surface area contributed by atoms with Crippen molar-refractivity contribution in [3.05, 3.63) is 16.5 Å². The summed E-state index contributed by atoms with van der Waals surface area (Å²) in [5.41, 5.74) is -0.00757. The maximum atomic E-state index is 12.1. The molecular formula is C11H17ClN2O2S2. The highest BCUT2D eigenvalue weighted by Gasteiger charge is 2.29. The molecule has 102 valence electrons. The maximum absolute atomic E-state index is 12.1. The van der Waals surface area contributed by atoms with Gasteiger partial charge in [-0.1, -0.05) is 18.5 Å². The van der Waals surface area contributed by atoms with Crippen molar-refractivity contribution in [1.82, 2.24) is 10.0 Å². The van der Waals surface area contributed by atoms with Crippen LogP contribution < -0.4 is 10.0 Å². The third-order valence-corrected chi connectivity index (χ3v) is 6.31. The highest BCUT2D eigenvalue weighted by molar-refractivity contribution is 7.91. The Balaban J connectivity index is 2.01. The van der Waals surface area contributed by atoms with Crippen molar-refractivity contribution in [2.45, 2.75) is 24.0 Å². The molecule has 2 heterocycles. The SMILES string of the molecule is CC1(CNS(=O)(=O)c2ccc(Cl)s2)CCCNC1. The summed E-state index contributed by atoms with van der Waals surface area (Å²) in [5.74, 6) is 0. The maximum Gasteiger partial charge on any atom is 0.250 e. The van der Waals surface area contributed by atoms with Crippen LogP contribution in [-0.4, -0.2) is 28.1 Å². The highest BCUT2D eigenvalue weighted by atomic mass is 35.5. The predicted octanol–water partition coefficient (Wildman–Crippen LogP) is 2.07. The van der Waals surface area contributed by atoms with Crippen LogP contribution in [0.1, 0.15) is 19.8 Å². The minimum absolute atomic E-state index is 0.00757. The summed E-state index contributed by atoms with van der Waals surface area (Å²) in [4.78, 5) is 0. The molecule has 1 aliphatic heterocycles. The lowest BCUT2D eigenvalue weighted by molar-refractivity contribution is 0.238. The van der Waals surface area contributed by atoms with E-state index in [0.717, 1.165) is 37.3 Å². The largest absolute Gasteiger partial charge is 0.316 e. The first-order valence-corrected chi connectivity index (χ1v) is 8.55. The minimum atomic E-state index is -3.42. The number of halogens is 1. The Hall–Kier alpha value is -0.140. The first-order chi connectivity index (χ1) is 8.41. The average Bonchev–Trinajstić information content (AvgIpc) is 2.76. The standard InChI is InChI=1S/C11H17ClN2O2S2/c1-11(5-2-6-13-7-11)8-14-18(15,16)10-4-3-9(12)17-10/h3-4,13-14H,2,5-8H2,1H3. The lowest BCUT2D eigenvalue weighted by Crippen LogP contribution is -2.45. The van der Waals surface area contributed by atoms with Crippen LogP contribution in [0.15, 0.2) is 16.3 Å². The van der Waals surface area contributed by atoms with Gasteiger partial charge in [-0.05, 0) is 36.9 Å². The predicted molar refractivity (Wildman–Crippen MR) is 74.7 cm³/mol. The number of hydrogen-bond donors (Lipinski definition) is 2. The summed E-state index contributed by atoms with van der Waals surface area (Å²) in [6.45, 7) is 4.42. The van der Waals surface area contributed by atoms with E-state index in [9.17, 15) is 8.42 Å². The Bertz CT molecular complexity index is 507. The number of sulfonamides is 1. The van der Waals surface area contributed by atoms with E-state index in [1.165, 1.54) is 6.07 Å². The first-order valence-electron chi connectivity index (χ1n) is 5.87. The molecule has 1 aromatic rings. The number of nitrogens with one attached hydrogen (secondary N) is 2. The van der Waals surface area contributed by atoms with E-state index in [-0.39, 0.29) is 9.62 Å². The summed E-state index contributed by atoms with van der Waals surface area (Å²) in [6, 6.07) is 3.14. The fraction of sp³-hybridized carbons (Fsp3) is 0.636. The van der Waals surface area contributed by atoms with Gasteiger partial charge < -0.3 is 5.32 Å². The molecule has 4 nitrogen and oxygen atoms in total. The monoisotopic (exact) mass is 308 g/mol. The molecule has 2 rings (SSSR count). The molecule has 0 spiro atoms. The average molecular weight is 309 g/mol. The summed E-state index contributed by atoms with van der Waals surface area (Å²) in [6.07, 6.45) is 2.12. The van der Waals surface area contributed by atoms with Gasteiger partial charge in [0.1, 0.15) is 4.21 Å². The van der Waals surface area contributed by atoms with Crippen LogP contribution in [0.25, 0.3) is 0 Å². The molecule has 0 bridgehead atoms. The van der Waals surface area contributed by atoms with Gasteiger partial charge in [0.05, 0.1) is 4.34 Å². The van der Waals surface area contributed by atoms with E-state index >= 15 is 0 Å². The summed E-state index contributed by atoms with van der Waals surface area (Å²) in [7, 11) is -3.42. The lowest BCUT2D eigenvalue weighted by atomic mass is 9.83. The van der Waals surface area contributed by atoms with Crippen LogP contribution in [0.4, 0.5) is 0 Å². The zero-order chi connectivity index (χ0) is 13.2. The van der Waals surface area contributed by atoms with Gasteiger partial charge in [0.25, 0.3) is 0 Å². The van der Waals surface area contributed by atoms with Gasteiger partial charge in [-0.2, -0.15) is 0 Å². The first kappa shape index (κ1) is 14.3. The molecule has 18 heavy (non-hydrogen) atoms. The van der Waals surface area contributed by atoms with Crippen molar-refractivity contribution >= 4 is 33.0 Å². The van der Waals surface area contributed by atoms with E-state index in [1.807, 2.05) is 0 Å². The van der Waals surface area contributed by atoms with Gasteiger partial charge >= 0.3 is 0 Å². The number of thiophene rings is 1. The quantitative estimate of drug-likeness (QED) is 0.895. The third kappa shape index (κ3) is 3.45. The van der Waals surface area contributed by atoms with Crippen LogP contribution in [0.5, 0.6) is 0 Å². The molecule has 1 aromatic heterocycles. The van der Waals surface area contributed by atoms with Gasteiger partial charge in [-0.3, -0.25) is 0 Å². The molecule has 2 N–H and O–H groups in total. The lowest BCUT2D eigenvalue weighted by Gasteiger charge is -2.34. The number of piperidine rings is 1. The second-order valence-corrected chi connectivity index (χ2v) is 8.68. The van der Waals surface area contributed by atoms with Crippen LogP contribution in [-0.2, 0) is 10.0 Å². The fourth-order valence-corrected chi connectivity index (χ4v) is 4.78. The van der Waals surface area contributed by atoms with E-state index in [2.05, 4.69) is 17.0 Å². The molecule has 1 atom stereocenters. The van der Waals surface area contributed by atoms with Crippen molar-refractivity contribution in [3.8, 4) is 0 Å². The second-order valence-electron chi connectivity index (χ2n) is 4.97. The van der Waals surface area contributed by atoms with Gasteiger partial charge in [-0.25, -0.2) is 13.1 Å². The van der Waals surface area contributed by atoms with Crippen molar-refractivity contribution in [2.75, 3.05) is 19.6 Å². The molecule has 1 fully saturated rings. The summed E-state index contributed by atoms with van der Waals surface area (Å²) in [5, 5.41) is 3.30. The van der Waals surface area contributed by atoms with Crippen molar-refractivity contribution in [1.29, 1.82) is 0 Å². The highest BCUT2D eigenvalue weighted by Crippen LogP contribution is 2.28. The molecule has 1 unspecified atom stereocenters. The smallest absolute Gasteiger partial charge is 0.250 e. The van der Waals surface area contributed by atoms with Crippen molar-refractivity contribution in [2.24, 2.45) is 5.41 Å². The van der Waals surface area contributed by atoms with Crippen LogP contribution >= 0.6 is 22.9 Å². The normalized spacial score (nSPS) is 25.2. The molecule has 0 aromatic carbocycles. The van der Waals surface area contributed by atoms with E-state index in [0.29, 0.717) is 10.9 Å². The molecule has 0 aliphatic carbocycles. The summed E-state index contributed by atoms with van der Waals surface area (Å²) >= 11 is 6.84. The topological polar surface area (TPSA) is 58.2 Å². The Morgan fingerprint density at radius 1 is 1.56 bits per heavy atom. The fourth-order valence-electron chi connectivity index (χ4n) is 2.05. The minimum Gasteiger partial charge on any atom is -0.316 e. The van der Waals surface area contributed by atoms with Crippen molar-refractivity contribution < 1.29 is 8.42 Å². The molecule has 1 aliphatic rings. The Morgan fingerprint density at radius 2 is 2.33 bits per heavy atom. The van der Waals surface area contributed by atoms with Crippen LogP contribution in [0.2, 0.25) is 4.34 Å². The Morgan fingerprint density at radius 3 is 2.89 bits per heavy atom. The van der Waals surface area contributed by atoms with Gasteiger partial charge in [-0.15, -0.1) is 11.3 Å². The third-order valence-electron chi connectivity index (χ3n) is 3.19. The van der Waals surface area contributed by atoms with E-state index in [1.54, 1.807) is 6.07 Å². The molecule has 7 heteroatoms. The zero-order valence-corrected chi connectivity index (χ0v) is 12.6. The molecule has 0 radical (unpaired) electrons. The molecule has 0 amide bonds. The number of hydrogen-bond acceptors (Lipinski definition) is 4. The van der Waals surface area contributed by atoms with Crippen LogP contribution in [0, 0.1) is 5.41 Å². The second kappa shape index (κ2) is 5.46. The zero-order valence-electron chi connectivity index (χ0n) is 10.2. The molecular weight excluding hydrogens is 292 g/mol. The molecule has 0 saturated carbocycles. The van der Waals surface area contributed by atoms with E-state index < -0.39 is 10.0 Å².